The first-order chi connectivity index (χ1) is 10.1. The molecule has 2 amide bonds. The monoisotopic (exact) mass is 326 g/mol. The topological polar surface area (TPSA) is 78.7 Å². The highest BCUT2D eigenvalue weighted by Gasteiger charge is 2.22. The van der Waals surface area contributed by atoms with E-state index < -0.39 is 0 Å². The maximum atomic E-state index is 12.4. The summed E-state index contributed by atoms with van der Waals surface area (Å²) in [7, 11) is 1.63. The summed E-state index contributed by atoms with van der Waals surface area (Å²) >= 11 is 0. The number of amides is 2. The van der Waals surface area contributed by atoms with Gasteiger partial charge in [0.05, 0.1) is 6.54 Å². The summed E-state index contributed by atoms with van der Waals surface area (Å²) in [6, 6.07) is 7.41. The minimum absolute atomic E-state index is 0. The number of rotatable bonds is 4. The molecule has 2 rings (SSSR count). The third kappa shape index (κ3) is 4.69. The van der Waals surface area contributed by atoms with Crippen molar-refractivity contribution in [3.05, 3.63) is 35.4 Å². The van der Waals surface area contributed by atoms with E-state index in [0.717, 1.165) is 18.7 Å². The van der Waals surface area contributed by atoms with Crippen LogP contribution in [0.2, 0.25) is 0 Å². The lowest BCUT2D eigenvalue weighted by molar-refractivity contribution is -0.122. The summed E-state index contributed by atoms with van der Waals surface area (Å²) in [6.45, 7) is 3.61. The van der Waals surface area contributed by atoms with Gasteiger partial charge in [0.2, 0.25) is 5.91 Å². The fourth-order valence-corrected chi connectivity index (χ4v) is 2.36. The Morgan fingerprint density at radius 1 is 1.14 bits per heavy atom. The highest BCUT2D eigenvalue weighted by molar-refractivity contribution is 5.94. The minimum Gasteiger partial charge on any atom is -0.358 e. The molecule has 0 aliphatic carbocycles. The van der Waals surface area contributed by atoms with Crippen LogP contribution >= 0.6 is 12.4 Å². The molecule has 0 saturated carbocycles. The molecule has 0 unspecified atom stereocenters. The third-order valence-electron chi connectivity index (χ3n) is 3.74. The van der Waals surface area contributed by atoms with Crippen molar-refractivity contribution in [3.63, 3.8) is 0 Å². The van der Waals surface area contributed by atoms with E-state index in [4.69, 9.17) is 5.73 Å². The van der Waals surface area contributed by atoms with E-state index in [2.05, 4.69) is 10.2 Å². The first-order valence-corrected chi connectivity index (χ1v) is 7.15. The largest absolute Gasteiger partial charge is 0.358 e. The van der Waals surface area contributed by atoms with Crippen molar-refractivity contribution >= 4 is 24.2 Å². The fourth-order valence-electron chi connectivity index (χ4n) is 2.36. The van der Waals surface area contributed by atoms with E-state index in [1.807, 2.05) is 29.2 Å². The summed E-state index contributed by atoms with van der Waals surface area (Å²) in [4.78, 5) is 27.6. The zero-order valence-electron chi connectivity index (χ0n) is 12.7. The summed E-state index contributed by atoms with van der Waals surface area (Å²) in [5.74, 6) is 0.0466. The van der Waals surface area contributed by atoms with Crippen LogP contribution in [0.1, 0.15) is 15.9 Å². The summed E-state index contributed by atoms with van der Waals surface area (Å²) in [5.41, 5.74) is 7.25. The SMILES string of the molecule is CNC(=O)CN1CCN(C(=O)c2ccc(CN)cc2)CC1.Cl. The highest BCUT2D eigenvalue weighted by atomic mass is 35.5. The van der Waals surface area contributed by atoms with Crippen molar-refractivity contribution in [2.45, 2.75) is 6.54 Å². The Kier molecular flexibility index (Phi) is 7.31. The number of carbonyl (C=O) groups is 2. The maximum Gasteiger partial charge on any atom is 0.253 e. The number of nitrogens with zero attached hydrogens (tertiary/aromatic N) is 2. The Balaban J connectivity index is 0.00000242. The zero-order chi connectivity index (χ0) is 15.2. The molecule has 22 heavy (non-hydrogen) atoms. The summed E-state index contributed by atoms with van der Waals surface area (Å²) in [6.07, 6.45) is 0. The lowest BCUT2D eigenvalue weighted by atomic mass is 10.1. The van der Waals surface area contributed by atoms with Gasteiger partial charge in [0.15, 0.2) is 0 Å². The van der Waals surface area contributed by atoms with Crippen molar-refractivity contribution in [3.8, 4) is 0 Å². The number of halogens is 1. The Hall–Kier alpha value is -1.63. The second-order valence-electron chi connectivity index (χ2n) is 5.14. The molecule has 1 aromatic carbocycles. The molecule has 0 aromatic heterocycles. The highest BCUT2D eigenvalue weighted by Crippen LogP contribution is 2.10. The first kappa shape index (κ1) is 18.4. The number of likely N-dealkylation sites (N-methyl/N-ethyl adjacent to an activating group) is 1. The van der Waals surface area contributed by atoms with Crippen LogP contribution in [0.15, 0.2) is 24.3 Å². The predicted octanol–water partition coefficient (Wildman–Crippen LogP) is 0.0709. The van der Waals surface area contributed by atoms with Gasteiger partial charge in [0.25, 0.3) is 5.91 Å². The molecule has 1 aromatic rings. The van der Waals surface area contributed by atoms with Gasteiger partial charge in [-0.1, -0.05) is 12.1 Å². The van der Waals surface area contributed by atoms with Crippen LogP contribution in [0.25, 0.3) is 0 Å². The number of hydrogen-bond donors (Lipinski definition) is 2. The second kappa shape index (κ2) is 8.73. The molecular formula is C15H23ClN4O2. The molecule has 0 spiro atoms. The number of benzene rings is 1. The van der Waals surface area contributed by atoms with E-state index in [9.17, 15) is 9.59 Å². The van der Waals surface area contributed by atoms with Crippen LogP contribution in [0.5, 0.6) is 0 Å². The summed E-state index contributed by atoms with van der Waals surface area (Å²) in [5, 5.41) is 2.61. The quantitative estimate of drug-likeness (QED) is 0.821. The van der Waals surface area contributed by atoms with Crippen molar-refractivity contribution in [2.75, 3.05) is 39.8 Å². The van der Waals surface area contributed by atoms with Gasteiger partial charge in [0, 0.05) is 45.3 Å². The first-order valence-electron chi connectivity index (χ1n) is 7.15. The number of hydrogen-bond acceptors (Lipinski definition) is 4. The molecule has 6 nitrogen and oxygen atoms in total. The molecule has 1 saturated heterocycles. The molecule has 7 heteroatoms. The summed E-state index contributed by atoms with van der Waals surface area (Å²) < 4.78 is 0. The van der Waals surface area contributed by atoms with Gasteiger partial charge in [-0.2, -0.15) is 0 Å². The molecule has 1 aliphatic heterocycles. The standard InChI is InChI=1S/C15H22N4O2.ClH/c1-17-14(20)11-18-6-8-19(9-7-18)15(21)13-4-2-12(10-16)3-5-13;/h2-5H,6-11,16H2,1H3,(H,17,20);1H. The van der Waals surface area contributed by atoms with Gasteiger partial charge in [-0.15, -0.1) is 12.4 Å². The minimum atomic E-state index is 0. The van der Waals surface area contributed by atoms with Crippen molar-refractivity contribution in [1.29, 1.82) is 0 Å². The van der Waals surface area contributed by atoms with Crippen LogP contribution < -0.4 is 11.1 Å². The molecule has 1 aliphatic rings. The average molecular weight is 327 g/mol. The third-order valence-corrected chi connectivity index (χ3v) is 3.74. The molecular weight excluding hydrogens is 304 g/mol. The van der Waals surface area contributed by atoms with E-state index in [-0.39, 0.29) is 24.2 Å². The number of nitrogens with two attached hydrogens (primary N) is 1. The van der Waals surface area contributed by atoms with E-state index >= 15 is 0 Å². The predicted molar refractivity (Wildman–Crippen MR) is 88.0 cm³/mol. The lowest BCUT2D eigenvalue weighted by Crippen LogP contribution is -2.50. The Morgan fingerprint density at radius 3 is 2.23 bits per heavy atom. The van der Waals surface area contributed by atoms with E-state index in [1.54, 1.807) is 7.05 Å². The van der Waals surface area contributed by atoms with Crippen LogP contribution in [-0.2, 0) is 11.3 Å². The van der Waals surface area contributed by atoms with Crippen molar-refractivity contribution in [1.82, 2.24) is 15.1 Å². The molecule has 0 atom stereocenters. The van der Waals surface area contributed by atoms with E-state index in [0.29, 0.717) is 31.7 Å². The van der Waals surface area contributed by atoms with Crippen LogP contribution in [-0.4, -0.2) is 61.4 Å². The fraction of sp³-hybridized carbons (Fsp3) is 0.467. The van der Waals surface area contributed by atoms with Crippen LogP contribution in [0.4, 0.5) is 0 Å². The molecule has 122 valence electrons. The molecule has 0 bridgehead atoms. The Labute approximate surface area is 137 Å². The van der Waals surface area contributed by atoms with Crippen LogP contribution in [0.3, 0.4) is 0 Å². The normalized spacial score (nSPS) is 15.1. The second-order valence-corrected chi connectivity index (χ2v) is 5.14. The molecule has 1 heterocycles. The van der Waals surface area contributed by atoms with Crippen molar-refractivity contribution < 1.29 is 9.59 Å². The lowest BCUT2D eigenvalue weighted by Gasteiger charge is -2.34. The van der Waals surface area contributed by atoms with Gasteiger partial charge in [-0.05, 0) is 17.7 Å². The Bertz CT molecular complexity index is 499. The molecule has 3 N–H and O–H groups in total. The van der Waals surface area contributed by atoms with Crippen LogP contribution in [0, 0.1) is 0 Å². The van der Waals surface area contributed by atoms with Crippen molar-refractivity contribution in [2.24, 2.45) is 5.73 Å². The molecule has 0 radical (unpaired) electrons. The smallest absolute Gasteiger partial charge is 0.253 e. The Morgan fingerprint density at radius 2 is 1.73 bits per heavy atom. The van der Waals surface area contributed by atoms with Gasteiger partial charge >= 0.3 is 0 Å². The average Bonchev–Trinajstić information content (AvgIpc) is 2.55. The van der Waals surface area contributed by atoms with Gasteiger partial charge in [-0.3, -0.25) is 14.5 Å². The van der Waals surface area contributed by atoms with E-state index in [1.165, 1.54) is 0 Å². The zero-order valence-corrected chi connectivity index (χ0v) is 13.6. The van der Waals surface area contributed by atoms with Gasteiger partial charge < -0.3 is 16.0 Å². The number of nitrogens with one attached hydrogen (secondary N) is 1. The van der Waals surface area contributed by atoms with Gasteiger partial charge in [0.1, 0.15) is 0 Å². The number of piperazine rings is 1. The number of carbonyl (C=O) groups excluding carboxylic acids is 2. The maximum absolute atomic E-state index is 12.4. The molecule has 1 fully saturated rings. The van der Waals surface area contributed by atoms with Gasteiger partial charge in [-0.25, -0.2) is 0 Å².